The summed E-state index contributed by atoms with van der Waals surface area (Å²) in [5, 5.41) is 9.18. The second-order valence-corrected chi connectivity index (χ2v) is 4.33. The fraction of sp³-hybridized carbons (Fsp3) is 0.125. The van der Waals surface area contributed by atoms with E-state index in [9.17, 15) is 14.7 Å². The van der Waals surface area contributed by atoms with E-state index in [2.05, 4.69) is 0 Å². The summed E-state index contributed by atoms with van der Waals surface area (Å²) in [6.07, 6.45) is 0.858. The van der Waals surface area contributed by atoms with E-state index in [1.807, 2.05) is 6.07 Å². The molecule has 1 unspecified atom stereocenters. The minimum absolute atomic E-state index is 0.146. The van der Waals surface area contributed by atoms with Gasteiger partial charge in [0.05, 0.1) is 5.92 Å². The van der Waals surface area contributed by atoms with Gasteiger partial charge in [-0.1, -0.05) is 42.5 Å². The highest BCUT2D eigenvalue weighted by atomic mass is 16.3. The predicted molar refractivity (Wildman–Crippen MR) is 72.1 cm³/mol. The van der Waals surface area contributed by atoms with E-state index in [0.29, 0.717) is 11.8 Å². The van der Waals surface area contributed by atoms with Crippen LogP contribution in [0.2, 0.25) is 0 Å². The van der Waals surface area contributed by atoms with Crippen molar-refractivity contribution >= 4 is 12.1 Å². The first-order chi connectivity index (χ1) is 9.20. The van der Waals surface area contributed by atoms with Crippen LogP contribution in [0.15, 0.2) is 54.6 Å². The molecule has 0 saturated heterocycles. The fourth-order valence-corrected chi connectivity index (χ4v) is 1.93. The van der Waals surface area contributed by atoms with Crippen LogP contribution in [0.5, 0.6) is 5.75 Å². The first-order valence-corrected chi connectivity index (χ1v) is 6.01. The van der Waals surface area contributed by atoms with E-state index in [1.165, 1.54) is 12.1 Å². The molecule has 2 aromatic carbocycles. The summed E-state index contributed by atoms with van der Waals surface area (Å²) in [6, 6.07) is 15.4. The molecule has 19 heavy (non-hydrogen) atoms. The predicted octanol–water partition coefficient (Wildman–Crippen LogP) is 2.49. The van der Waals surface area contributed by atoms with E-state index in [4.69, 9.17) is 0 Å². The Morgan fingerprint density at radius 2 is 1.68 bits per heavy atom. The van der Waals surface area contributed by atoms with Crippen LogP contribution in [0.4, 0.5) is 0 Å². The van der Waals surface area contributed by atoms with Crippen molar-refractivity contribution in [3.63, 3.8) is 0 Å². The Balaban J connectivity index is 2.14. The van der Waals surface area contributed by atoms with Crippen LogP contribution in [-0.2, 0) is 16.0 Å². The van der Waals surface area contributed by atoms with E-state index >= 15 is 0 Å². The second kappa shape index (κ2) is 5.96. The topological polar surface area (TPSA) is 54.4 Å². The molecule has 2 aromatic rings. The van der Waals surface area contributed by atoms with Crippen LogP contribution in [0.1, 0.15) is 17.0 Å². The molecular weight excluding hydrogens is 240 g/mol. The number of phenolic OH excluding ortho intramolecular Hbond substituents is 1. The molecule has 0 amide bonds. The number of Topliss-reactive ketones (excluding diaryl/α,β-unsaturated/α-hetero) is 1. The number of aldehydes is 1. The Morgan fingerprint density at radius 3 is 2.26 bits per heavy atom. The number of rotatable bonds is 5. The van der Waals surface area contributed by atoms with Gasteiger partial charge in [0, 0.05) is 6.42 Å². The average molecular weight is 254 g/mol. The molecule has 3 heteroatoms. The molecule has 96 valence electrons. The normalized spacial score (nSPS) is 11.8. The molecule has 0 bridgehead atoms. The number of ketones is 1. The monoisotopic (exact) mass is 254 g/mol. The lowest BCUT2D eigenvalue weighted by Crippen LogP contribution is -2.16. The average Bonchev–Trinajstić information content (AvgIpc) is 2.43. The highest BCUT2D eigenvalue weighted by molar-refractivity contribution is 5.99. The molecule has 0 aliphatic carbocycles. The molecule has 1 N–H and O–H groups in total. The van der Waals surface area contributed by atoms with E-state index in [1.54, 1.807) is 36.4 Å². The molecule has 3 nitrogen and oxygen atoms in total. The Labute approximate surface area is 111 Å². The Bertz CT molecular complexity index is 558. The smallest absolute Gasteiger partial charge is 0.151 e. The maximum Gasteiger partial charge on any atom is 0.151 e. The van der Waals surface area contributed by atoms with Gasteiger partial charge in [0.2, 0.25) is 0 Å². The summed E-state index contributed by atoms with van der Waals surface area (Å²) in [6.45, 7) is 0. The third kappa shape index (κ3) is 3.28. The van der Waals surface area contributed by atoms with Gasteiger partial charge in [0.25, 0.3) is 0 Å². The van der Waals surface area contributed by atoms with Gasteiger partial charge >= 0.3 is 0 Å². The molecule has 0 radical (unpaired) electrons. The van der Waals surface area contributed by atoms with Crippen molar-refractivity contribution in [3.05, 3.63) is 65.7 Å². The van der Waals surface area contributed by atoms with Gasteiger partial charge in [-0.3, -0.25) is 4.79 Å². The lowest BCUT2D eigenvalue weighted by molar-refractivity contribution is -0.123. The zero-order valence-corrected chi connectivity index (χ0v) is 10.3. The van der Waals surface area contributed by atoms with Crippen molar-refractivity contribution in [2.24, 2.45) is 0 Å². The number of aromatic hydroxyl groups is 1. The van der Waals surface area contributed by atoms with Crippen molar-refractivity contribution in [3.8, 4) is 5.75 Å². The summed E-state index contributed by atoms with van der Waals surface area (Å²) in [4.78, 5) is 23.3. The largest absolute Gasteiger partial charge is 0.508 e. The van der Waals surface area contributed by atoms with Gasteiger partial charge in [0.15, 0.2) is 5.78 Å². The Hall–Kier alpha value is -2.42. The summed E-state index contributed by atoms with van der Waals surface area (Å²) in [5.41, 5.74) is 1.49. The zero-order valence-electron chi connectivity index (χ0n) is 10.3. The van der Waals surface area contributed by atoms with Gasteiger partial charge < -0.3 is 9.90 Å². The van der Waals surface area contributed by atoms with E-state index < -0.39 is 5.92 Å². The second-order valence-electron chi connectivity index (χ2n) is 4.33. The van der Waals surface area contributed by atoms with Crippen LogP contribution in [0.3, 0.4) is 0 Å². The molecule has 0 saturated carbocycles. The van der Waals surface area contributed by atoms with Gasteiger partial charge in [-0.25, -0.2) is 0 Å². The van der Waals surface area contributed by atoms with Crippen LogP contribution < -0.4 is 0 Å². The van der Waals surface area contributed by atoms with Crippen molar-refractivity contribution in [1.29, 1.82) is 0 Å². The SMILES string of the molecule is O=CC(C(=O)Cc1ccc(O)cc1)c1ccccc1. The van der Waals surface area contributed by atoms with Gasteiger partial charge in [-0.15, -0.1) is 0 Å². The van der Waals surface area contributed by atoms with Crippen LogP contribution in [-0.4, -0.2) is 17.2 Å². The fourth-order valence-electron chi connectivity index (χ4n) is 1.93. The van der Waals surface area contributed by atoms with Gasteiger partial charge in [0.1, 0.15) is 12.0 Å². The van der Waals surface area contributed by atoms with E-state index in [0.717, 1.165) is 5.56 Å². The summed E-state index contributed by atoms with van der Waals surface area (Å²) >= 11 is 0. The lowest BCUT2D eigenvalue weighted by Gasteiger charge is -2.09. The number of hydrogen-bond acceptors (Lipinski definition) is 3. The standard InChI is InChI=1S/C16H14O3/c17-11-15(13-4-2-1-3-5-13)16(19)10-12-6-8-14(18)9-7-12/h1-9,11,15,18H,10H2. The number of phenols is 1. The maximum atomic E-state index is 12.1. The third-order valence-corrected chi connectivity index (χ3v) is 2.96. The number of carbonyl (C=O) groups is 2. The Kier molecular flexibility index (Phi) is 4.08. The third-order valence-electron chi connectivity index (χ3n) is 2.96. The number of hydrogen-bond donors (Lipinski definition) is 1. The number of carbonyl (C=O) groups excluding carboxylic acids is 2. The minimum atomic E-state index is -0.727. The van der Waals surface area contributed by atoms with Gasteiger partial charge in [-0.2, -0.15) is 0 Å². The van der Waals surface area contributed by atoms with Crippen molar-refractivity contribution < 1.29 is 14.7 Å². The summed E-state index contributed by atoms with van der Waals surface area (Å²) < 4.78 is 0. The molecule has 0 aromatic heterocycles. The van der Waals surface area contributed by atoms with Crippen LogP contribution >= 0.6 is 0 Å². The highest BCUT2D eigenvalue weighted by Gasteiger charge is 2.19. The molecule has 1 atom stereocenters. The molecular formula is C16H14O3. The number of benzene rings is 2. The molecule has 2 rings (SSSR count). The Morgan fingerprint density at radius 1 is 1.05 bits per heavy atom. The zero-order chi connectivity index (χ0) is 13.7. The minimum Gasteiger partial charge on any atom is -0.508 e. The van der Waals surface area contributed by atoms with Crippen molar-refractivity contribution in [1.82, 2.24) is 0 Å². The first-order valence-electron chi connectivity index (χ1n) is 6.01. The first kappa shape index (κ1) is 13.0. The van der Waals surface area contributed by atoms with Gasteiger partial charge in [-0.05, 0) is 23.3 Å². The van der Waals surface area contributed by atoms with Crippen LogP contribution in [0, 0.1) is 0 Å². The van der Waals surface area contributed by atoms with Crippen molar-refractivity contribution in [2.75, 3.05) is 0 Å². The maximum absolute atomic E-state index is 12.1. The quantitative estimate of drug-likeness (QED) is 0.658. The summed E-state index contributed by atoms with van der Waals surface area (Å²) in [7, 11) is 0. The molecule has 0 aliphatic heterocycles. The van der Waals surface area contributed by atoms with E-state index in [-0.39, 0.29) is 18.0 Å². The lowest BCUT2D eigenvalue weighted by atomic mass is 9.92. The highest BCUT2D eigenvalue weighted by Crippen LogP contribution is 2.18. The summed E-state index contributed by atoms with van der Waals surface area (Å²) in [5.74, 6) is -0.715. The van der Waals surface area contributed by atoms with Crippen LogP contribution in [0.25, 0.3) is 0 Å². The molecule has 0 heterocycles. The van der Waals surface area contributed by atoms with Crippen molar-refractivity contribution in [2.45, 2.75) is 12.3 Å². The molecule has 0 aliphatic rings. The molecule has 0 fully saturated rings. The molecule has 0 spiro atoms.